The maximum absolute atomic E-state index is 13.7. The molecule has 0 aromatic heterocycles. The molecule has 8 heteroatoms. The fourth-order valence-corrected chi connectivity index (χ4v) is 3.64. The molecule has 0 unspecified atom stereocenters. The van der Waals surface area contributed by atoms with Gasteiger partial charge in [0.25, 0.3) is 0 Å². The normalized spacial score (nSPS) is 12.8. The van der Waals surface area contributed by atoms with Crippen molar-refractivity contribution in [2.24, 2.45) is 5.92 Å². The lowest BCUT2D eigenvalue weighted by molar-refractivity contribution is -0.148. The summed E-state index contributed by atoms with van der Waals surface area (Å²) in [7, 11) is -3.95. The van der Waals surface area contributed by atoms with Gasteiger partial charge in [0.1, 0.15) is 12.6 Å². The van der Waals surface area contributed by atoms with Crippen LogP contribution in [0.25, 0.3) is 0 Å². The van der Waals surface area contributed by atoms with E-state index in [1.807, 2.05) is 6.92 Å². The van der Waals surface area contributed by atoms with Crippen LogP contribution in [-0.2, 0) is 26.2 Å². The molecule has 0 saturated heterocycles. The van der Waals surface area contributed by atoms with E-state index in [1.165, 1.54) is 24.3 Å². The molecular formula is C19H21F2NO4S. The quantitative estimate of drug-likeness (QED) is 0.728. The highest BCUT2D eigenvalue weighted by Gasteiger charge is 2.30. The Balaban J connectivity index is 2.13. The van der Waals surface area contributed by atoms with Crippen molar-refractivity contribution in [1.82, 2.24) is 4.72 Å². The number of esters is 1. The lowest BCUT2D eigenvalue weighted by Crippen LogP contribution is -2.45. The van der Waals surface area contributed by atoms with Gasteiger partial charge in [0.2, 0.25) is 10.0 Å². The Morgan fingerprint density at radius 2 is 1.74 bits per heavy atom. The third-order valence-electron chi connectivity index (χ3n) is 3.94. The van der Waals surface area contributed by atoms with Crippen LogP contribution in [0.1, 0.15) is 25.0 Å². The average Bonchev–Trinajstić information content (AvgIpc) is 2.61. The first-order valence-corrected chi connectivity index (χ1v) is 9.78. The van der Waals surface area contributed by atoms with Crippen LogP contribution in [0.2, 0.25) is 0 Å². The Bertz CT molecular complexity index is 912. The van der Waals surface area contributed by atoms with E-state index in [2.05, 4.69) is 4.72 Å². The van der Waals surface area contributed by atoms with Gasteiger partial charge < -0.3 is 4.74 Å². The Morgan fingerprint density at radius 1 is 1.11 bits per heavy atom. The molecule has 0 amide bonds. The summed E-state index contributed by atoms with van der Waals surface area (Å²) in [4.78, 5) is 12.4. The number of sulfonamides is 1. The number of hydrogen-bond acceptors (Lipinski definition) is 4. The van der Waals surface area contributed by atoms with Crippen LogP contribution < -0.4 is 4.72 Å². The molecule has 0 aliphatic rings. The number of carbonyl (C=O) groups is 1. The zero-order valence-corrected chi connectivity index (χ0v) is 16.0. The molecule has 0 saturated carbocycles. The van der Waals surface area contributed by atoms with Gasteiger partial charge in [-0.1, -0.05) is 43.7 Å². The molecule has 0 bridgehead atoms. The minimum absolute atomic E-state index is 0.0164. The molecular weight excluding hydrogens is 376 g/mol. The molecule has 0 fully saturated rings. The fourth-order valence-electron chi connectivity index (χ4n) is 2.31. The fraction of sp³-hybridized carbons (Fsp3) is 0.316. The topological polar surface area (TPSA) is 72.5 Å². The number of ether oxygens (including phenoxy) is 1. The molecule has 146 valence electrons. The molecule has 5 nitrogen and oxygen atoms in total. The second kappa shape index (κ2) is 8.58. The summed E-state index contributed by atoms with van der Waals surface area (Å²) in [5.74, 6) is -3.45. The molecule has 0 radical (unpaired) electrons. The molecule has 1 N–H and O–H groups in total. The number of halogens is 2. The highest BCUT2D eigenvalue weighted by atomic mass is 32.2. The highest BCUT2D eigenvalue weighted by molar-refractivity contribution is 7.89. The van der Waals surface area contributed by atoms with Crippen LogP contribution in [0.4, 0.5) is 8.78 Å². The van der Waals surface area contributed by atoms with Crippen LogP contribution >= 0.6 is 0 Å². The Morgan fingerprint density at radius 3 is 2.33 bits per heavy atom. The molecule has 2 aromatic rings. The standard InChI is InChI=1S/C19H21F2NO4S/c1-12(2)18(22-27(24,25)15-9-7-13(3)8-10-15)19(23)26-11-14-5-4-6-16(20)17(14)21/h4-10,12,18,22H,11H2,1-3H3/t18-/m0/s1. The predicted octanol–water partition coefficient (Wildman–Crippen LogP) is 3.32. The maximum Gasteiger partial charge on any atom is 0.324 e. The van der Waals surface area contributed by atoms with Crippen LogP contribution in [0.15, 0.2) is 47.4 Å². The van der Waals surface area contributed by atoms with Crippen molar-refractivity contribution in [2.75, 3.05) is 0 Å². The molecule has 0 aliphatic carbocycles. The maximum atomic E-state index is 13.7. The summed E-state index contributed by atoms with van der Waals surface area (Å²) in [6.07, 6.45) is 0. The summed E-state index contributed by atoms with van der Waals surface area (Å²) < 4.78 is 59.2. The first-order chi connectivity index (χ1) is 12.6. The lowest BCUT2D eigenvalue weighted by atomic mass is 10.1. The Labute approximate surface area is 157 Å². The second-order valence-electron chi connectivity index (χ2n) is 6.48. The zero-order valence-electron chi connectivity index (χ0n) is 15.2. The lowest BCUT2D eigenvalue weighted by Gasteiger charge is -2.21. The van der Waals surface area contributed by atoms with Crippen molar-refractivity contribution < 1.29 is 26.7 Å². The summed E-state index contributed by atoms with van der Waals surface area (Å²) in [6, 6.07) is 8.51. The number of hydrogen-bond donors (Lipinski definition) is 1. The van der Waals surface area contributed by atoms with Crippen LogP contribution in [0.5, 0.6) is 0 Å². The van der Waals surface area contributed by atoms with E-state index in [9.17, 15) is 22.0 Å². The van der Waals surface area contributed by atoms with E-state index in [0.717, 1.165) is 11.6 Å². The van der Waals surface area contributed by atoms with Gasteiger partial charge in [0.15, 0.2) is 11.6 Å². The zero-order chi connectivity index (χ0) is 20.2. The SMILES string of the molecule is Cc1ccc(S(=O)(=O)N[C@H](C(=O)OCc2cccc(F)c2F)C(C)C)cc1. The third-order valence-corrected chi connectivity index (χ3v) is 5.39. The monoisotopic (exact) mass is 397 g/mol. The van der Waals surface area contributed by atoms with E-state index in [-0.39, 0.29) is 10.5 Å². The van der Waals surface area contributed by atoms with E-state index < -0.39 is 46.2 Å². The van der Waals surface area contributed by atoms with Gasteiger partial charge in [-0.2, -0.15) is 4.72 Å². The third kappa shape index (κ3) is 5.33. The summed E-state index contributed by atoms with van der Waals surface area (Å²) in [5.41, 5.74) is 0.762. The average molecular weight is 397 g/mol. The van der Waals surface area contributed by atoms with Crippen molar-refractivity contribution in [2.45, 2.75) is 38.3 Å². The molecule has 0 spiro atoms. The van der Waals surface area contributed by atoms with E-state index in [1.54, 1.807) is 26.0 Å². The molecule has 2 rings (SSSR count). The van der Waals surface area contributed by atoms with Gasteiger partial charge >= 0.3 is 5.97 Å². The van der Waals surface area contributed by atoms with Crippen molar-refractivity contribution in [3.63, 3.8) is 0 Å². The minimum Gasteiger partial charge on any atom is -0.460 e. The van der Waals surface area contributed by atoms with Gasteiger partial charge in [0, 0.05) is 5.56 Å². The van der Waals surface area contributed by atoms with Crippen molar-refractivity contribution in [3.05, 3.63) is 65.2 Å². The summed E-state index contributed by atoms with van der Waals surface area (Å²) >= 11 is 0. The molecule has 2 aromatic carbocycles. The van der Waals surface area contributed by atoms with Gasteiger partial charge in [-0.25, -0.2) is 17.2 Å². The smallest absolute Gasteiger partial charge is 0.324 e. The van der Waals surface area contributed by atoms with Gasteiger partial charge in [-0.05, 0) is 31.0 Å². The summed E-state index contributed by atoms with van der Waals surface area (Å²) in [6.45, 7) is 4.61. The number of rotatable bonds is 7. The number of nitrogens with one attached hydrogen (secondary N) is 1. The number of benzene rings is 2. The van der Waals surface area contributed by atoms with Gasteiger partial charge in [0.05, 0.1) is 4.90 Å². The van der Waals surface area contributed by atoms with Crippen molar-refractivity contribution in [1.29, 1.82) is 0 Å². The summed E-state index contributed by atoms with van der Waals surface area (Å²) in [5, 5.41) is 0. The van der Waals surface area contributed by atoms with E-state index in [0.29, 0.717) is 0 Å². The molecule has 0 aliphatic heterocycles. The van der Waals surface area contributed by atoms with E-state index >= 15 is 0 Å². The van der Waals surface area contributed by atoms with E-state index in [4.69, 9.17) is 4.74 Å². The predicted molar refractivity (Wildman–Crippen MR) is 96.3 cm³/mol. The Hall–Kier alpha value is -2.32. The van der Waals surface area contributed by atoms with Crippen molar-refractivity contribution >= 4 is 16.0 Å². The molecule has 0 heterocycles. The first kappa shape index (κ1) is 21.0. The number of carbonyl (C=O) groups excluding carboxylic acids is 1. The van der Waals surface area contributed by atoms with Crippen LogP contribution in [0.3, 0.4) is 0 Å². The van der Waals surface area contributed by atoms with Crippen molar-refractivity contribution in [3.8, 4) is 0 Å². The molecule has 1 atom stereocenters. The molecule has 27 heavy (non-hydrogen) atoms. The second-order valence-corrected chi connectivity index (χ2v) is 8.19. The largest absolute Gasteiger partial charge is 0.460 e. The van der Waals surface area contributed by atoms with Crippen LogP contribution in [0, 0.1) is 24.5 Å². The van der Waals surface area contributed by atoms with Gasteiger partial charge in [-0.3, -0.25) is 4.79 Å². The highest BCUT2D eigenvalue weighted by Crippen LogP contribution is 2.16. The van der Waals surface area contributed by atoms with Gasteiger partial charge in [-0.15, -0.1) is 0 Å². The Kier molecular flexibility index (Phi) is 6.67. The van der Waals surface area contributed by atoms with Crippen LogP contribution in [-0.4, -0.2) is 20.4 Å². The number of aryl methyl sites for hydroxylation is 1. The minimum atomic E-state index is -3.95. The first-order valence-electron chi connectivity index (χ1n) is 8.30.